The minimum Gasteiger partial charge on any atom is -1.00 e. The molecule has 2 aromatic rings. The molecule has 0 aliphatic heterocycles. The summed E-state index contributed by atoms with van der Waals surface area (Å²) in [5.74, 6) is -0.296. The quantitative estimate of drug-likeness (QED) is 0.467. The summed E-state index contributed by atoms with van der Waals surface area (Å²) in [5, 5.41) is 0. The first-order valence-electron chi connectivity index (χ1n) is 5.60. The molecule has 6 heteroatoms. The Morgan fingerprint density at radius 3 is 2.68 bits per heavy atom. The van der Waals surface area contributed by atoms with Crippen LogP contribution in [-0.4, -0.2) is 22.5 Å². The predicted molar refractivity (Wildman–Crippen MR) is 64.3 cm³/mol. The third kappa shape index (κ3) is 3.76. The fraction of sp³-hybridized carbons (Fsp3) is 0.231. The highest BCUT2D eigenvalue weighted by Crippen LogP contribution is 2.09. The van der Waals surface area contributed by atoms with Crippen LogP contribution in [0.4, 0.5) is 9.18 Å². The third-order valence-electron chi connectivity index (χ3n) is 2.68. The van der Waals surface area contributed by atoms with Crippen LogP contribution in [0.15, 0.2) is 43.0 Å². The van der Waals surface area contributed by atoms with E-state index in [1.54, 1.807) is 48.5 Å². The van der Waals surface area contributed by atoms with Crippen molar-refractivity contribution in [1.29, 1.82) is 0 Å². The number of benzene rings is 1. The van der Waals surface area contributed by atoms with Gasteiger partial charge in [-0.3, -0.25) is 0 Å². The number of hydrogen-bond acceptors (Lipinski definition) is 1. The molecule has 1 aromatic heterocycles. The van der Waals surface area contributed by atoms with Gasteiger partial charge in [0.2, 0.25) is 0 Å². The van der Waals surface area contributed by atoms with E-state index in [2.05, 4.69) is 0 Å². The second-order valence-electron chi connectivity index (χ2n) is 4.22. The van der Waals surface area contributed by atoms with E-state index in [4.69, 9.17) is 0 Å². The molecule has 1 aromatic carbocycles. The van der Waals surface area contributed by atoms with E-state index in [1.807, 2.05) is 7.05 Å². The molecule has 102 valence electrons. The molecule has 4 nitrogen and oxygen atoms in total. The van der Waals surface area contributed by atoms with E-state index < -0.39 is 0 Å². The largest absolute Gasteiger partial charge is 1.00 e. The molecule has 0 saturated carbocycles. The molecule has 0 radical (unpaired) electrons. The molecular weight excluding hydrogens is 360 g/mol. The summed E-state index contributed by atoms with van der Waals surface area (Å²) >= 11 is 0. The predicted octanol–water partition coefficient (Wildman–Crippen LogP) is -1.44. The summed E-state index contributed by atoms with van der Waals surface area (Å²) in [5.41, 5.74) is 0.505. The van der Waals surface area contributed by atoms with E-state index in [0.29, 0.717) is 5.56 Å². The first kappa shape index (κ1) is 15.6. The Labute approximate surface area is 128 Å². The van der Waals surface area contributed by atoms with Crippen molar-refractivity contribution in [1.82, 2.24) is 9.47 Å². The Morgan fingerprint density at radius 2 is 2.11 bits per heavy atom. The fourth-order valence-electron chi connectivity index (χ4n) is 1.71. The van der Waals surface area contributed by atoms with Crippen molar-refractivity contribution < 1.29 is 37.7 Å². The van der Waals surface area contributed by atoms with E-state index in [-0.39, 0.29) is 42.4 Å². The van der Waals surface area contributed by atoms with Crippen LogP contribution in [0.25, 0.3) is 0 Å². The van der Waals surface area contributed by atoms with Gasteiger partial charge in [0.15, 0.2) is 0 Å². The average Bonchev–Trinajstić information content (AvgIpc) is 2.78. The monoisotopic (exact) mass is 375 g/mol. The van der Waals surface area contributed by atoms with Crippen molar-refractivity contribution in [2.75, 3.05) is 7.05 Å². The summed E-state index contributed by atoms with van der Waals surface area (Å²) in [4.78, 5) is 13.5. The second-order valence-corrected chi connectivity index (χ2v) is 4.22. The Balaban J connectivity index is 0.00000180. The molecule has 0 aliphatic carbocycles. The summed E-state index contributed by atoms with van der Waals surface area (Å²) < 4.78 is 16.7. The summed E-state index contributed by atoms with van der Waals surface area (Å²) in [6.07, 6.45) is 5.11. The molecule has 0 aliphatic rings. The maximum Gasteiger partial charge on any atom is 0.415 e. The fourth-order valence-corrected chi connectivity index (χ4v) is 1.71. The van der Waals surface area contributed by atoms with Gasteiger partial charge in [0.05, 0.1) is 13.6 Å². The van der Waals surface area contributed by atoms with Crippen LogP contribution in [0.3, 0.4) is 0 Å². The first-order chi connectivity index (χ1) is 8.58. The van der Waals surface area contributed by atoms with Crippen LogP contribution >= 0.6 is 0 Å². The number of nitrogens with zero attached hydrogens (tertiary/aromatic N) is 3. The lowest BCUT2D eigenvalue weighted by Crippen LogP contribution is -3.00. The maximum atomic E-state index is 13.5. The van der Waals surface area contributed by atoms with Gasteiger partial charge >= 0.3 is 6.03 Å². The van der Waals surface area contributed by atoms with Gasteiger partial charge in [0.25, 0.3) is 6.33 Å². The Kier molecular flexibility index (Phi) is 5.46. The minimum atomic E-state index is -0.296. The molecule has 0 atom stereocenters. The number of imidazole rings is 1. The lowest BCUT2D eigenvalue weighted by Gasteiger charge is -2.14. The van der Waals surface area contributed by atoms with Crippen LogP contribution in [0, 0.1) is 5.82 Å². The summed E-state index contributed by atoms with van der Waals surface area (Å²) in [6, 6.07) is 6.26. The molecule has 0 fully saturated rings. The van der Waals surface area contributed by atoms with Crippen molar-refractivity contribution in [2.24, 2.45) is 7.05 Å². The standard InChI is InChI=1S/C13H15FN3O.HI/c1-15-7-8-17(10-15)13(18)16(2)9-11-5-3-4-6-12(11)14;/h3-8,10H,9H2,1-2H3;1H/q+1;/p-1. The molecule has 0 N–H and O–H groups in total. The normalized spacial score (nSPS) is 9.84. The number of amides is 1. The molecule has 19 heavy (non-hydrogen) atoms. The molecule has 0 saturated heterocycles. The summed E-state index contributed by atoms with van der Waals surface area (Å²) in [6.45, 7) is 0.243. The van der Waals surface area contributed by atoms with Gasteiger partial charge in [-0.2, -0.15) is 4.57 Å². The van der Waals surface area contributed by atoms with Gasteiger partial charge in [-0.05, 0) is 6.07 Å². The minimum absolute atomic E-state index is 0. The number of hydrogen-bond donors (Lipinski definition) is 0. The third-order valence-corrected chi connectivity index (χ3v) is 2.68. The second kappa shape index (κ2) is 6.65. The number of rotatable bonds is 2. The van der Waals surface area contributed by atoms with Crippen LogP contribution < -0.4 is 28.5 Å². The molecule has 1 heterocycles. The molecule has 0 bridgehead atoms. The van der Waals surface area contributed by atoms with Crippen molar-refractivity contribution >= 4 is 6.03 Å². The van der Waals surface area contributed by atoms with Crippen molar-refractivity contribution in [3.8, 4) is 0 Å². The van der Waals surface area contributed by atoms with Crippen molar-refractivity contribution in [3.63, 3.8) is 0 Å². The SMILES string of the molecule is CN(Cc1ccccc1F)C(=O)n1cc[n+](C)c1.[I-]. The van der Waals surface area contributed by atoms with Crippen LogP contribution in [0.2, 0.25) is 0 Å². The van der Waals surface area contributed by atoms with Gasteiger partial charge in [-0.25, -0.2) is 13.8 Å². The molecule has 2 rings (SSSR count). The van der Waals surface area contributed by atoms with Gasteiger partial charge in [0, 0.05) is 12.6 Å². The highest BCUT2D eigenvalue weighted by molar-refractivity contribution is 5.76. The van der Waals surface area contributed by atoms with Crippen LogP contribution in [0.5, 0.6) is 0 Å². The zero-order chi connectivity index (χ0) is 13.1. The molecular formula is C13H15FIN3O. The molecule has 1 amide bonds. The average molecular weight is 375 g/mol. The van der Waals surface area contributed by atoms with E-state index in [1.165, 1.54) is 15.5 Å². The van der Waals surface area contributed by atoms with Gasteiger partial charge in [0.1, 0.15) is 18.2 Å². The number of halogens is 2. The van der Waals surface area contributed by atoms with E-state index in [0.717, 1.165) is 0 Å². The topological polar surface area (TPSA) is 29.1 Å². The number of carbonyl (C=O) groups excluding carboxylic acids is 1. The number of aromatic nitrogens is 2. The Bertz CT molecular complexity index is 571. The van der Waals surface area contributed by atoms with E-state index in [9.17, 15) is 9.18 Å². The molecule has 0 spiro atoms. The number of aryl methyl sites for hydroxylation is 1. The maximum absolute atomic E-state index is 13.5. The van der Waals surface area contributed by atoms with E-state index >= 15 is 0 Å². The lowest BCUT2D eigenvalue weighted by molar-refractivity contribution is -0.670. The first-order valence-corrected chi connectivity index (χ1v) is 5.60. The Morgan fingerprint density at radius 1 is 1.42 bits per heavy atom. The zero-order valence-electron chi connectivity index (χ0n) is 10.8. The smallest absolute Gasteiger partial charge is 0.415 e. The number of carbonyl (C=O) groups is 1. The van der Waals surface area contributed by atoms with Crippen molar-refractivity contribution in [2.45, 2.75) is 6.54 Å². The summed E-state index contributed by atoms with van der Waals surface area (Å²) in [7, 11) is 3.48. The van der Waals surface area contributed by atoms with Gasteiger partial charge in [-0.1, -0.05) is 18.2 Å². The van der Waals surface area contributed by atoms with Gasteiger partial charge in [-0.15, -0.1) is 0 Å². The van der Waals surface area contributed by atoms with Crippen LogP contribution in [-0.2, 0) is 13.6 Å². The van der Waals surface area contributed by atoms with Crippen LogP contribution in [0.1, 0.15) is 5.56 Å². The highest BCUT2D eigenvalue weighted by Gasteiger charge is 2.18. The zero-order valence-corrected chi connectivity index (χ0v) is 12.9. The molecule has 0 unspecified atom stereocenters. The highest BCUT2D eigenvalue weighted by atomic mass is 127. The van der Waals surface area contributed by atoms with Gasteiger partial charge < -0.3 is 28.9 Å². The Hall–Kier alpha value is -1.44. The lowest BCUT2D eigenvalue weighted by atomic mass is 10.2. The van der Waals surface area contributed by atoms with Crippen molar-refractivity contribution in [3.05, 3.63) is 54.4 Å².